The number of ether oxygens (including phenoxy) is 2. The maximum atomic E-state index is 13.3. The van der Waals surface area contributed by atoms with Crippen LogP contribution in [0.3, 0.4) is 0 Å². The summed E-state index contributed by atoms with van der Waals surface area (Å²) < 4.78 is 10.6. The van der Waals surface area contributed by atoms with Crippen LogP contribution in [0.2, 0.25) is 0 Å². The molecule has 0 aliphatic carbocycles. The van der Waals surface area contributed by atoms with E-state index in [-0.39, 0.29) is 18.0 Å². The van der Waals surface area contributed by atoms with Gasteiger partial charge in [0.05, 0.1) is 20.9 Å². The van der Waals surface area contributed by atoms with Gasteiger partial charge < -0.3 is 14.8 Å². The molecule has 2 aliphatic heterocycles. The van der Waals surface area contributed by atoms with Crippen molar-refractivity contribution in [3.05, 3.63) is 46.2 Å². The van der Waals surface area contributed by atoms with E-state index in [1.165, 1.54) is 9.78 Å². The van der Waals surface area contributed by atoms with Crippen molar-refractivity contribution in [2.24, 2.45) is 0 Å². The van der Waals surface area contributed by atoms with Gasteiger partial charge in [0.1, 0.15) is 5.54 Å². The van der Waals surface area contributed by atoms with Crippen molar-refractivity contribution in [3.8, 4) is 11.5 Å². The second kappa shape index (κ2) is 8.28. The summed E-state index contributed by atoms with van der Waals surface area (Å²) in [5, 5.41) is 4.98. The first-order valence-corrected chi connectivity index (χ1v) is 11.0. The Kier molecular flexibility index (Phi) is 5.71. The lowest BCUT2D eigenvalue weighted by Crippen LogP contribution is -2.47. The number of amides is 3. The molecule has 30 heavy (non-hydrogen) atoms. The van der Waals surface area contributed by atoms with Gasteiger partial charge in [-0.1, -0.05) is 12.1 Å². The Morgan fingerprint density at radius 3 is 2.70 bits per heavy atom. The molecule has 2 fully saturated rings. The number of imide groups is 1. The number of carbonyl (C=O) groups excluding carboxylic acids is 2. The highest BCUT2D eigenvalue weighted by molar-refractivity contribution is 7.10. The van der Waals surface area contributed by atoms with Crippen LogP contribution in [-0.2, 0) is 11.2 Å². The van der Waals surface area contributed by atoms with Crippen molar-refractivity contribution in [2.45, 2.75) is 37.8 Å². The predicted octanol–water partition coefficient (Wildman–Crippen LogP) is 3.41. The molecule has 0 unspecified atom stereocenters. The summed E-state index contributed by atoms with van der Waals surface area (Å²) in [6.07, 6.45) is 2.49. The third-order valence-electron chi connectivity index (χ3n) is 5.91. The van der Waals surface area contributed by atoms with Crippen molar-refractivity contribution in [1.29, 1.82) is 0 Å². The van der Waals surface area contributed by atoms with Crippen LogP contribution in [0.4, 0.5) is 4.79 Å². The summed E-state index contributed by atoms with van der Waals surface area (Å²) >= 11 is 1.72. The van der Waals surface area contributed by atoms with Gasteiger partial charge in [-0.2, -0.15) is 0 Å². The highest BCUT2D eigenvalue weighted by Crippen LogP contribution is 2.36. The standard InChI is InChI=1S/C22H27N3O4S/c1-22(13-15-8-9-17(28-2)18(12-15)29-3)20(26)25(21(27)23-22)14-24-10-4-6-16(24)19-7-5-11-30-19/h5,7-9,11-12,16H,4,6,10,13-14H2,1-3H3,(H,23,27)/t16-,22+/m0/s1. The molecule has 1 aromatic heterocycles. The second-order valence-electron chi connectivity index (χ2n) is 7.99. The first-order chi connectivity index (χ1) is 14.4. The molecule has 2 atom stereocenters. The lowest BCUT2D eigenvalue weighted by molar-refractivity contribution is -0.132. The van der Waals surface area contributed by atoms with Crippen LogP contribution in [0.1, 0.15) is 36.2 Å². The first-order valence-electron chi connectivity index (χ1n) is 10.1. The Hall–Kier alpha value is -2.58. The van der Waals surface area contributed by atoms with Crippen LogP contribution in [0, 0.1) is 0 Å². The Morgan fingerprint density at radius 1 is 1.20 bits per heavy atom. The number of likely N-dealkylation sites (tertiary alicyclic amines) is 1. The summed E-state index contributed by atoms with van der Waals surface area (Å²) in [7, 11) is 3.16. The van der Waals surface area contributed by atoms with Gasteiger partial charge in [0.25, 0.3) is 5.91 Å². The van der Waals surface area contributed by atoms with Crippen LogP contribution in [0.15, 0.2) is 35.7 Å². The zero-order valence-electron chi connectivity index (χ0n) is 17.5. The molecule has 7 nitrogen and oxygen atoms in total. The summed E-state index contributed by atoms with van der Waals surface area (Å²) in [4.78, 5) is 30.8. The van der Waals surface area contributed by atoms with Gasteiger partial charge in [0, 0.05) is 23.9 Å². The average Bonchev–Trinajstić information content (AvgIpc) is 3.45. The molecule has 1 N–H and O–H groups in total. The Bertz CT molecular complexity index is 932. The van der Waals surface area contributed by atoms with Crippen molar-refractivity contribution in [2.75, 3.05) is 27.4 Å². The molecule has 0 radical (unpaired) electrons. The molecule has 2 aromatic rings. The van der Waals surface area contributed by atoms with Gasteiger partial charge in [-0.3, -0.25) is 9.69 Å². The Labute approximate surface area is 180 Å². The number of carbonyl (C=O) groups is 2. The number of nitrogens with one attached hydrogen (secondary N) is 1. The molecule has 160 valence electrons. The number of urea groups is 1. The van der Waals surface area contributed by atoms with E-state index >= 15 is 0 Å². The number of benzene rings is 1. The van der Waals surface area contributed by atoms with E-state index < -0.39 is 5.54 Å². The molecule has 3 amide bonds. The number of nitrogens with zero attached hydrogens (tertiary/aromatic N) is 2. The summed E-state index contributed by atoms with van der Waals surface area (Å²) in [5.74, 6) is 1.03. The lowest BCUT2D eigenvalue weighted by atomic mass is 9.92. The summed E-state index contributed by atoms with van der Waals surface area (Å²) in [6, 6.07) is 9.65. The largest absolute Gasteiger partial charge is 0.493 e. The van der Waals surface area contributed by atoms with Crippen molar-refractivity contribution in [1.82, 2.24) is 15.1 Å². The molecular weight excluding hydrogens is 402 g/mol. The number of thiophene rings is 1. The highest BCUT2D eigenvalue weighted by atomic mass is 32.1. The number of methoxy groups -OCH3 is 2. The number of hydrogen-bond donors (Lipinski definition) is 1. The molecular formula is C22H27N3O4S. The van der Waals surface area contributed by atoms with Gasteiger partial charge in [0.2, 0.25) is 0 Å². The minimum Gasteiger partial charge on any atom is -0.493 e. The summed E-state index contributed by atoms with van der Waals surface area (Å²) in [6.45, 7) is 2.98. The van der Waals surface area contributed by atoms with E-state index in [2.05, 4.69) is 21.7 Å². The maximum absolute atomic E-state index is 13.3. The second-order valence-corrected chi connectivity index (χ2v) is 8.97. The van der Waals surface area contributed by atoms with Crippen LogP contribution in [0.25, 0.3) is 0 Å². The van der Waals surface area contributed by atoms with Gasteiger partial charge >= 0.3 is 6.03 Å². The van der Waals surface area contributed by atoms with E-state index in [1.54, 1.807) is 32.5 Å². The predicted molar refractivity (Wildman–Crippen MR) is 115 cm³/mol. The van der Waals surface area contributed by atoms with E-state index in [1.807, 2.05) is 24.3 Å². The van der Waals surface area contributed by atoms with Crippen LogP contribution < -0.4 is 14.8 Å². The first kappa shape index (κ1) is 20.7. The third kappa shape index (κ3) is 3.77. The maximum Gasteiger partial charge on any atom is 0.326 e. The zero-order valence-corrected chi connectivity index (χ0v) is 18.3. The number of rotatable bonds is 7. The molecule has 1 aromatic carbocycles. The van der Waals surface area contributed by atoms with Crippen molar-refractivity contribution >= 4 is 23.3 Å². The van der Waals surface area contributed by atoms with Gasteiger partial charge in [-0.05, 0) is 48.9 Å². The monoisotopic (exact) mass is 429 g/mol. The van der Waals surface area contributed by atoms with Crippen LogP contribution in [-0.4, -0.2) is 54.7 Å². The highest BCUT2D eigenvalue weighted by Gasteiger charge is 2.48. The number of hydrogen-bond acceptors (Lipinski definition) is 6. The summed E-state index contributed by atoms with van der Waals surface area (Å²) in [5.41, 5.74) is -0.0993. The fraction of sp³-hybridized carbons (Fsp3) is 0.455. The van der Waals surface area contributed by atoms with E-state index in [9.17, 15) is 9.59 Å². The SMILES string of the molecule is COc1ccc(C[C@@]2(C)NC(=O)N(CN3CCC[C@H]3c3cccs3)C2=O)cc1OC. The topological polar surface area (TPSA) is 71.1 Å². The molecule has 3 heterocycles. The fourth-order valence-corrected chi connectivity index (χ4v) is 5.27. The average molecular weight is 430 g/mol. The fourth-order valence-electron chi connectivity index (χ4n) is 4.37. The van der Waals surface area contributed by atoms with Crippen LogP contribution in [0.5, 0.6) is 11.5 Å². The Morgan fingerprint density at radius 2 is 2.00 bits per heavy atom. The normalized spacial score (nSPS) is 24.4. The molecule has 2 aliphatic rings. The third-order valence-corrected chi connectivity index (χ3v) is 6.88. The minimum atomic E-state index is -0.991. The molecule has 0 bridgehead atoms. The van der Waals surface area contributed by atoms with Gasteiger partial charge in [-0.15, -0.1) is 11.3 Å². The Balaban J connectivity index is 1.49. The van der Waals surface area contributed by atoms with Crippen molar-refractivity contribution < 1.29 is 19.1 Å². The molecule has 0 spiro atoms. The van der Waals surface area contributed by atoms with E-state index in [0.717, 1.165) is 24.9 Å². The van der Waals surface area contributed by atoms with Gasteiger partial charge in [-0.25, -0.2) is 9.69 Å². The smallest absolute Gasteiger partial charge is 0.326 e. The lowest BCUT2D eigenvalue weighted by Gasteiger charge is -2.28. The molecule has 0 saturated carbocycles. The van der Waals surface area contributed by atoms with Crippen molar-refractivity contribution in [3.63, 3.8) is 0 Å². The van der Waals surface area contributed by atoms with Gasteiger partial charge in [0.15, 0.2) is 11.5 Å². The van der Waals surface area contributed by atoms with Crippen LogP contribution >= 0.6 is 11.3 Å². The molecule has 2 saturated heterocycles. The minimum absolute atomic E-state index is 0.195. The quantitative estimate of drug-likeness (QED) is 0.683. The molecule has 4 rings (SSSR count). The zero-order chi connectivity index (χ0) is 21.3. The van der Waals surface area contributed by atoms with E-state index in [4.69, 9.17) is 9.47 Å². The van der Waals surface area contributed by atoms with E-state index in [0.29, 0.717) is 24.6 Å². The molecule has 8 heteroatoms.